The van der Waals surface area contributed by atoms with Crippen molar-refractivity contribution in [3.8, 4) is 0 Å². The van der Waals surface area contributed by atoms with Crippen molar-refractivity contribution < 1.29 is 0 Å². The lowest BCUT2D eigenvalue weighted by molar-refractivity contribution is 0.574. The molecular weight excluding hydrogens is 304 g/mol. The lowest BCUT2D eigenvalue weighted by Crippen LogP contribution is -2.38. The molecule has 0 radical (unpaired) electrons. The molecule has 114 valence electrons. The average molecular weight is 325 g/mol. The van der Waals surface area contributed by atoms with E-state index >= 15 is 0 Å². The monoisotopic (exact) mass is 324 g/mol. The molecule has 0 aliphatic carbocycles. The van der Waals surface area contributed by atoms with E-state index in [0.29, 0.717) is 5.15 Å². The molecule has 2 rings (SSSR count). The zero-order valence-corrected chi connectivity index (χ0v) is 14.1. The molecule has 0 spiro atoms. The number of benzene rings is 1. The Bertz CT molecular complexity index is 612. The Morgan fingerprint density at radius 2 is 2.10 bits per heavy atom. The van der Waals surface area contributed by atoms with Gasteiger partial charge in [0.25, 0.3) is 0 Å². The molecule has 1 unspecified atom stereocenters. The second kappa shape index (κ2) is 7.31. The third kappa shape index (κ3) is 4.01. The molecule has 21 heavy (non-hydrogen) atoms. The molecule has 1 aromatic heterocycles. The van der Waals surface area contributed by atoms with Crippen molar-refractivity contribution in [2.75, 3.05) is 5.75 Å². The Labute approximate surface area is 135 Å². The number of nitrogens with two attached hydrogens (primary N) is 1. The van der Waals surface area contributed by atoms with Gasteiger partial charge in [-0.25, -0.2) is 0 Å². The summed E-state index contributed by atoms with van der Waals surface area (Å²) in [5, 5.41) is 5.03. The Morgan fingerprint density at radius 3 is 2.67 bits per heavy atom. The van der Waals surface area contributed by atoms with Gasteiger partial charge in [0.2, 0.25) is 0 Å². The van der Waals surface area contributed by atoms with E-state index in [9.17, 15) is 0 Å². The molecule has 0 aliphatic rings. The summed E-state index contributed by atoms with van der Waals surface area (Å²) in [5.74, 6) is 6.58. The van der Waals surface area contributed by atoms with E-state index in [1.807, 2.05) is 14.0 Å². The molecule has 1 atom stereocenters. The standard InChI is InChI=1S/C15H21ClN4S/c1-10-6-4-5-7-14(10)21-9-12(18-17)8-13-11(2)19-20(3)15(13)16/h4-7,12,18H,8-9,17H2,1-3H3. The van der Waals surface area contributed by atoms with Crippen molar-refractivity contribution in [1.29, 1.82) is 0 Å². The molecular formula is C15H21ClN4S. The van der Waals surface area contributed by atoms with Crippen LogP contribution >= 0.6 is 23.4 Å². The molecule has 0 aliphatic heterocycles. The molecule has 4 nitrogen and oxygen atoms in total. The molecule has 3 N–H and O–H groups in total. The summed E-state index contributed by atoms with van der Waals surface area (Å²) in [7, 11) is 1.85. The van der Waals surface area contributed by atoms with E-state index < -0.39 is 0 Å². The minimum atomic E-state index is 0.148. The smallest absolute Gasteiger partial charge is 0.130 e. The molecule has 0 saturated heterocycles. The van der Waals surface area contributed by atoms with E-state index in [2.05, 4.69) is 41.7 Å². The lowest BCUT2D eigenvalue weighted by atomic mass is 10.1. The molecule has 6 heteroatoms. The third-order valence-electron chi connectivity index (χ3n) is 3.49. The van der Waals surface area contributed by atoms with Gasteiger partial charge in [-0.1, -0.05) is 29.8 Å². The summed E-state index contributed by atoms with van der Waals surface area (Å²) in [6.07, 6.45) is 0.772. The Kier molecular flexibility index (Phi) is 5.70. The van der Waals surface area contributed by atoms with Gasteiger partial charge < -0.3 is 0 Å². The first-order chi connectivity index (χ1) is 10.0. The van der Waals surface area contributed by atoms with E-state index in [1.54, 1.807) is 16.4 Å². The van der Waals surface area contributed by atoms with Gasteiger partial charge in [-0.05, 0) is 31.9 Å². The van der Waals surface area contributed by atoms with Crippen LogP contribution in [0, 0.1) is 13.8 Å². The highest BCUT2D eigenvalue weighted by Gasteiger charge is 2.17. The summed E-state index contributed by atoms with van der Waals surface area (Å²) >= 11 is 8.09. The van der Waals surface area contributed by atoms with E-state index in [4.69, 9.17) is 17.4 Å². The molecule has 0 bridgehead atoms. The van der Waals surface area contributed by atoms with Crippen LogP contribution in [-0.4, -0.2) is 21.6 Å². The van der Waals surface area contributed by atoms with Crippen molar-refractivity contribution in [1.82, 2.24) is 15.2 Å². The number of thioether (sulfide) groups is 1. The SMILES string of the molecule is Cc1ccccc1SCC(Cc1c(C)nn(C)c1Cl)NN. The highest BCUT2D eigenvalue weighted by molar-refractivity contribution is 7.99. The number of aryl methyl sites for hydroxylation is 3. The van der Waals surface area contributed by atoms with Gasteiger partial charge in [0.05, 0.1) is 5.69 Å². The molecule has 1 aromatic carbocycles. The highest BCUT2D eigenvalue weighted by atomic mass is 35.5. The summed E-state index contributed by atoms with van der Waals surface area (Å²) < 4.78 is 1.70. The predicted molar refractivity (Wildman–Crippen MR) is 89.7 cm³/mol. The fourth-order valence-corrected chi connectivity index (χ4v) is 3.54. The van der Waals surface area contributed by atoms with Crippen LogP contribution in [-0.2, 0) is 13.5 Å². The number of aromatic nitrogens is 2. The van der Waals surface area contributed by atoms with Crippen LogP contribution in [0.15, 0.2) is 29.2 Å². The predicted octanol–water partition coefficient (Wildman–Crippen LogP) is 2.86. The van der Waals surface area contributed by atoms with Crippen molar-refractivity contribution in [2.24, 2.45) is 12.9 Å². The fraction of sp³-hybridized carbons (Fsp3) is 0.400. The molecule has 0 saturated carbocycles. The number of rotatable bonds is 6. The van der Waals surface area contributed by atoms with E-state index in [1.165, 1.54) is 10.5 Å². The number of halogens is 1. The van der Waals surface area contributed by atoms with Crippen LogP contribution in [0.5, 0.6) is 0 Å². The zero-order valence-electron chi connectivity index (χ0n) is 12.6. The van der Waals surface area contributed by atoms with Gasteiger partial charge in [0.15, 0.2) is 0 Å². The van der Waals surface area contributed by atoms with Crippen molar-refractivity contribution in [3.05, 3.63) is 46.2 Å². The van der Waals surface area contributed by atoms with Gasteiger partial charge >= 0.3 is 0 Å². The van der Waals surface area contributed by atoms with Crippen molar-refractivity contribution >= 4 is 23.4 Å². The van der Waals surface area contributed by atoms with Crippen LogP contribution < -0.4 is 11.3 Å². The van der Waals surface area contributed by atoms with Crippen LogP contribution in [0.4, 0.5) is 0 Å². The van der Waals surface area contributed by atoms with Crippen LogP contribution in [0.2, 0.25) is 5.15 Å². The van der Waals surface area contributed by atoms with Gasteiger partial charge in [-0.3, -0.25) is 16.0 Å². The number of hydrogen-bond donors (Lipinski definition) is 2. The molecule has 1 heterocycles. The Hall–Kier alpha value is -1.01. The quantitative estimate of drug-likeness (QED) is 0.487. The number of nitrogens with zero attached hydrogens (tertiary/aromatic N) is 2. The maximum Gasteiger partial charge on any atom is 0.130 e. The zero-order chi connectivity index (χ0) is 15.4. The molecule has 2 aromatic rings. The number of nitrogens with one attached hydrogen (secondary N) is 1. The first-order valence-electron chi connectivity index (χ1n) is 6.85. The summed E-state index contributed by atoms with van der Waals surface area (Å²) in [6, 6.07) is 8.51. The molecule has 0 fully saturated rings. The minimum Gasteiger partial charge on any atom is -0.271 e. The van der Waals surface area contributed by atoms with Crippen molar-refractivity contribution in [2.45, 2.75) is 31.2 Å². The van der Waals surface area contributed by atoms with Gasteiger partial charge in [-0.15, -0.1) is 11.8 Å². The maximum absolute atomic E-state index is 6.28. The van der Waals surface area contributed by atoms with E-state index in [-0.39, 0.29) is 6.04 Å². The number of hydrogen-bond acceptors (Lipinski definition) is 4. The topological polar surface area (TPSA) is 55.9 Å². The van der Waals surface area contributed by atoms with Crippen LogP contribution in [0.1, 0.15) is 16.8 Å². The van der Waals surface area contributed by atoms with Crippen LogP contribution in [0.3, 0.4) is 0 Å². The van der Waals surface area contributed by atoms with Crippen LogP contribution in [0.25, 0.3) is 0 Å². The normalized spacial score (nSPS) is 12.6. The maximum atomic E-state index is 6.28. The molecule has 0 amide bonds. The fourth-order valence-electron chi connectivity index (χ4n) is 2.23. The average Bonchev–Trinajstić information content (AvgIpc) is 2.70. The first-order valence-corrected chi connectivity index (χ1v) is 8.21. The highest BCUT2D eigenvalue weighted by Crippen LogP contribution is 2.25. The minimum absolute atomic E-state index is 0.148. The summed E-state index contributed by atoms with van der Waals surface area (Å²) in [6.45, 7) is 4.10. The second-order valence-electron chi connectivity index (χ2n) is 5.12. The summed E-state index contributed by atoms with van der Waals surface area (Å²) in [4.78, 5) is 1.28. The summed E-state index contributed by atoms with van der Waals surface area (Å²) in [5.41, 5.74) is 6.20. The Morgan fingerprint density at radius 1 is 1.38 bits per heavy atom. The second-order valence-corrected chi connectivity index (χ2v) is 6.54. The largest absolute Gasteiger partial charge is 0.271 e. The lowest BCUT2D eigenvalue weighted by Gasteiger charge is -2.16. The van der Waals surface area contributed by atoms with Gasteiger partial charge in [0, 0.05) is 29.3 Å². The van der Waals surface area contributed by atoms with Gasteiger partial charge in [0.1, 0.15) is 5.15 Å². The first kappa shape index (κ1) is 16.4. The van der Waals surface area contributed by atoms with Gasteiger partial charge in [-0.2, -0.15) is 5.10 Å². The third-order valence-corrected chi connectivity index (χ3v) is 5.30. The Balaban J connectivity index is 2.02. The van der Waals surface area contributed by atoms with E-state index in [0.717, 1.165) is 23.4 Å². The van der Waals surface area contributed by atoms with Crippen molar-refractivity contribution in [3.63, 3.8) is 0 Å². The number of hydrazine groups is 1.